The van der Waals surface area contributed by atoms with Crippen molar-refractivity contribution >= 4 is 83.6 Å². The number of hydrogen-bond donors (Lipinski definition) is 1. The molecule has 0 fully saturated rings. The van der Waals surface area contributed by atoms with Crippen molar-refractivity contribution in [3.63, 3.8) is 0 Å². The van der Waals surface area contributed by atoms with E-state index in [4.69, 9.17) is 16.0 Å². The standard InChI is InChI=1S/C24H13BrClIN2O2/c25-19-6-2-3-15-16(19)4-1-5-17(15)23(30)28-14-8-10-22-21(12-14)29-24(31-22)18-11-13(27)7-9-20(18)26/h1-12H,(H,28,30). The number of nitrogens with one attached hydrogen (secondary N) is 1. The Balaban J connectivity index is 1.48. The first-order valence-electron chi connectivity index (χ1n) is 9.34. The molecule has 7 heteroatoms. The number of halogens is 3. The SMILES string of the molecule is O=C(Nc1ccc2oc(-c3cc(I)ccc3Cl)nc2c1)c1cccc2c(Br)cccc12. The highest BCUT2D eigenvalue weighted by Gasteiger charge is 2.15. The zero-order valence-electron chi connectivity index (χ0n) is 15.8. The van der Waals surface area contributed by atoms with Crippen LogP contribution < -0.4 is 5.32 Å². The average molecular weight is 604 g/mol. The second kappa shape index (κ2) is 8.26. The van der Waals surface area contributed by atoms with Crippen LogP contribution in [0.5, 0.6) is 0 Å². The number of anilines is 1. The van der Waals surface area contributed by atoms with E-state index in [1.807, 2.05) is 54.6 Å². The number of benzene rings is 4. The molecule has 31 heavy (non-hydrogen) atoms. The smallest absolute Gasteiger partial charge is 0.256 e. The fourth-order valence-electron chi connectivity index (χ4n) is 3.45. The van der Waals surface area contributed by atoms with Gasteiger partial charge in [0.2, 0.25) is 5.89 Å². The summed E-state index contributed by atoms with van der Waals surface area (Å²) in [5.41, 5.74) is 3.24. The van der Waals surface area contributed by atoms with Crippen molar-refractivity contribution in [3.05, 3.63) is 91.4 Å². The predicted octanol–water partition coefficient (Wildman–Crippen LogP) is 7.92. The molecule has 0 unspecified atom stereocenters. The highest BCUT2D eigenvalue weighted by molar-refractivity contribution is 14.1. The normalized spacial score (nSPS) is 11.2. The molecular formula is C24H13BrClIN2O2. The topological polar surface area (TPSA) is 55.1 Å². The van der Waals surface area contributed by atoms with E-state index in [0.29, 0.717) is 33.3 Å². The number of rotatable bonds is 3. The third kappa shape index (κ3) is 3.95. The first-order valence-corrected chi connectivity index (χ1v) is 11.6. The quantitative estimate of drug-likeness (QED) is 0.213. The molecule has 1 heterocycles. The largest absolute Gasteiger partial charge is 0.436 e. The Kier molecular flexibility index (Phi) is 5.45. The van der Waals surface area contributed by atoms with Crippen molar-refractivity contribution in [2.24, 2.45) is 0 Å². The van der Waals surface area contributed by atoms with Crippen molar-refractivity contribution in [3.8, 4) is 11.5 Å². The second-order valence-corrected chi connectivity index (χ2v) is 9.43. The van der Waals surface area contributed by atoms with Gasteiger partial charge in [-0.1, -0.05) is 51.8 Å². The molecule has 1 N–H and O–H groups in total. The lowest BCUT2D eigenvalue weighted by Crippen LogP contribution is -2.12. The lowest BCUT2D eigenvalue weighted by atomic mass is 10.0. The van der Waals surface area contributed by atoms with Crippen molar-refractivity contribution in [2.45, 2.75) is 0 Å². The van der Waals surface area contributed by atoms with Crippen LogP contribution in [0.25, 0.3) is 33.3 Å². The summed E-state index contributed by atoms with van der Waals surface area (Å²) in [6.07, 6.45) is 0. The predicted molar refractivity (Wildman–Crippen MR) is 137 cm³/mol. The van der Waals surface area contributed by atoms with Crippen LogP contribution in [0, 0.1) is 3.57 Å². The summed E-state index contributed by atoms with van der Waals surface area (Å²) in [6, 6.07) is 22.5. The maximum Gasteiger partial charge on any atom is 0.256 e. The number of fused-ring (bicyclic) bond motifs is 2. The van der Waals surface area contributed by atoms with Crippen LogP contribution in [0.15, 0.2) is 81.7 Å². The molecule has 0 saturated carbocycles. The van der Waals surface area contributed by atoms with Gasteiger partial charge in [-0.25, -0.2) is 4.98 Å². The summed E-state index contributed by atoms with van der Waals surface area (Å²) >= 11 is 12.1. The van der Waals surface area contributed by atoms with Crippen molar-refractivity contribution in [2.75, 3.05) is 5.32 Å². The Hall–Kier alpha value is -2.42. The minimum atomic E-state index is -0.188. The monoisotopic (exact) mass is 602 g/mol. The highest BCUT2D eigenvalue weighted by atomic mass is 127. The van der Waals surface area contributed by atoms with Gasteiger partial charge < -0.3 is 9.73 Å². The van der Waals surface area contributed by atoms with E-state index in [-0.39, 0.29) is 5.91 Å². The lowest BCUT2D eigenvalue weighted by molar-refractivity contribution is 0.102. The van der Waals surface area contributed by atoms with Crippen LogP contribution in [0.2, 0.25) is 5.02 Å². The van der Waals surface area contributed by atoms with Gasteiger partial charge in [0, 0.05) is 19.3 Å². The minimum Gasteiger partial charge on any atom is -0.436 e. The first-order chi connectivity index (χ1) is 15.0. The van der Waals surface area contributed by atoms with Crippen LogP contribution in [-0.4, -0.2) is 10.9 Å². The third-order valence-electron chi connectivity index (χ3n) is 4.92. The van der Waals surface area contributed by atoms with E-state index < -0.39 is 0 Å². The highest BCUT2D eigenvalue weighted by Crippen LogP contribution is 2.32. The zero-order valence-corrected chi connectivity index (χ0v) is 20.3. The summed E-state index contributed by atoms with van der Waals surface area (Å²) in [5, 5.41) is 5.41. The number of oxazole rings is 1. The van der Waals surface area contributed by atoms with Crippen molar-refractivity contribution in [1.82, 2.24) is 4.98 Å². The molecule has 4 aromatic carbocycles. The molecule has 1 amide bonds. The van der Waals surface area contributed by atoms with Gasteiger partial charge in [0.25, 0.3) is 5.91 Å². The minimum absolute atomic E-state index is 0.188. The van der Waals surface area contributed by atoms with Gasteiger partial charge in [-0.05, 0) is 81.9 Å². The van der Waals surface area contributed by atoms with Crippen LogP contribution in [0.1, 0.15) is 10.4 Å². The zero-order chi connectivity index (χ0) is 21.5. The summed E-state index contributed by atoms with van der Waals surface area (Å²) in [5.74, 6) is 0.258. The number of carbonyl (C=O) groups is 1. The van der Waals surface area contributed by atoms with E-state index >= 15 is 0 Å². The average Bonchev–Trinajstić information content (AvgIpc) is 3.18. The van der Waals surface area contributed by atoms with Gasteiger partial charge in [0.05, 0.1) is 10.6 Å². The molecule has 5 aromatic rings. The number of nitrogens with zero attached hydrogens (tertiary/aromatic N) is 1. The van der Waals surface area contributed by atoms with E-state index in [1.54, 1.807) is 18.2 Å². The van der Waals surface area contributed by atoms with Crippen molar-refractivity contribution in [1.29, 1.82) is 0 Å². The molecule has 0 atom stereocenters. The van der Waals surface area contributed by atoms with Gasteiger partial charge in [-0.2, -0.15) is 0 Å². The van der Waals surface area contributed by atoms with Gasteiger partial charge in [0.1, 0.15) is 5.52 Å². The maximum atomic E-state index is 13.0. The third-order valence-corrected chi connectivity index (χ3v) is 6.61. The van der Waals surface area contributed by atoms with Crippen LogP contribution in [0.4, 0.5) is 5.69 Å². The van der Waals surface area contributed by atoms with Gasteiger partial charge in [0.15, 0.2) is 5.58 Å². The van der Waals surface area contributed by atoms with Crippen LogP contribution in [0.3, 0.4) is 0 Å². The van der Waals surface area contributed by atoms with E-state index in [0.717, 1.165) is 24.4 Å². The molecule has 0 aliphatic rings. The van der Waals surface area contributed by atoms with Crippen molar-refractivity contribution < 1.29 is 9.21 Å². The number of aromatic nitrogens is 1. The fraction of sp³-hybridized carbons (Fsp3) is 0. The van der Waals surface area contributed by atoms with Gasteiger partial charge in [-0.3, -0.25) is 4.79 Å². The molecule has 0 bridgehead atoms. The molecule has 0 aliphatic heterocycles. The molecule has 1 aromatic heterocycles. The molecule has 0 saturated heterocycles. The number of amides is 1. The molecule has 0 spiro atoms. The molecule has 152 valence electrons. The van der Waals surface area contributed by atoms with Crippen LogP contribution >= 0.6 is 50.1 Å². The number of hydrogen-bond acceptors (Lipinski definition) is 3. The Morgan fingerprint density at radius 1 is 1.00 bits per heavy atom. The Morgan fingerprint density at radius 3 is 2.68 bits per heavy atom. The Morgan fingerprint density at radius 2 is 1.81 bits per heavy atom. The van der Waals surface area contributed by atoms with E-state index in [1.165, 1.54) is 0 Å². The lowest BCUT2D eigenvalue weighted by Gasteiger charge is -2.09. The summed E-state index contributed by atoms with van der Waals surface area (Å²) < 4.78 is 7.87. The van der Waals surface area contributed by atoms with E-state index in [9.17, 15) is 4.79 Å². The molecular weight excluding hydrogens is 591 g/mol. The number of carbonyl (C=O) groups excluding carboxylic acids is 1. The molecule has 0 radical (unpaired) electrons. The second-order valence-electron chi connectivity index (χ2n) is 6.92. The Labute approximate surface area is 204 Å². The first kappa shape index (κ1) is 20.5. The molecule has 0 aliphatic carbocycles. The van der Waals surface area contributed by atoms with Gasteiger partial charge >= 0.3 is 0 Å². The summed E-state index contributed by atoms with van der Waals surface area (Å²) in [6.45, 7) is 0. The fourth-order valence-corrected chi connectivity index (χ4v) is 4.64. The van der Waals surface area contributed by atoms with Crippen LogP contribution in [-0.2, 0) is 0 Å². The molecule has 4 nitrogen and oxygen atoms in total. The van der Waals surface area contributed by atoms with Gasteiger partial charge in [-0.15, -0.1) is 0 Å². The summed E-state index contributed by atoms with van der Waals surface area (Å²) in [4.78, 5) is 17.6. The maximum absolute atomic E-state index is 13.0. The Bertz CT molecular complexity index is 1480. The molecule has 5 rings (SSSR count). The van der Waals surface area contributed by atoms with E-state index in [2.05, 4.69) is 48.8 Å². The summed E-state index contributed by atoms with van der Waals surface area (Å²) in [7, 11) is 0.